The van der Waals surface area contributed by atoms with Crippen LogP contribution < -0.4 is 10.5 Å². The van der Waals surface area contributed by atoms with Gasteiger partial charge in [0.2, 0.25) is 10.0 Å². The average Bonchev–Trinajstić information content (AvgIpc) is 2.99. The summed E-state index contributed by atoms with van der Waals surface area (Å²) in [6.07, 6.45) is 0. The Hall–Kier alpha value is -1.65. The lowest BCUT2D eigenvalue weighted by atomic mass is 10.2. The third-order valence-electron chi connectivity index (χ3n) is 2.80. The van der Waals surface area contributed by atoms with Crippen LogP contribution in [0.25, 0.3) is 0 Å². The molecule has 0 aliphatic rings. The van der Waals surface area contributed by atoms with Gasteiger partial charge in [0.05, 0.1) is 17.5 Å². The minimum atomic E-state index is -3.54. The Labute approximate surface area is 129 Å². The van der Waals surface area contributed by atoms with E-state index < -0.39 is 10.0 Å². The Balaban J connectivity index is 2.16. The molecule has 0 fully saturated rings. The maximum Gasteiger partial charge on any atom is 0.241 e. The summed E-state index contributed by atoms with van der Waals surface area (Å²) in [5.74, 6) is 5.59. The molecular formula is C15H16N2O2S2. The molecular weight excluding hydrogens is 304 g/mol. The van der Waals surface area contributed by atoms with Gasteiger partial charge in [-0.15, -0.1) is 11.3 Å². The Bertz CT molecular complexity index is 739. The molecule has 110 valence electrons. The Morgan fingerprint density at radius 1 is 1.29 bits per heavy atom. The largest absolute Gasteiger partial charge is 0.320 e. The van der Waals surface area contributed by atoms with Crippen molar-refractivity contribution in [3.05, 3.63) is 52.2 Å². The van der Waals surface area contributed by atoms with Crippen LogP contribution in [0.1, 0.15) is 23.4 Å². The Kier molecular flexibility index (Phi) is 5.15. The lowest BCUT2D eigenvalue weighted by Gasteiger charge is -2.12. The van der Waals surface area contributed by atoms with E-state index in [0.29, 0.717) is 0 Å². The van der Waals surface area contributed by atoms with Gasteiger partial charge in [-0.3, -0.25) is 0 Å². The van der Waals surface area contributed by atoms with Gasteiger partial charge in [0.25, 0.3) is 0 Å². The highest BCUT2D eigenvalue weighted by molar-refractivity contribution is 7.89. The number of nitrogens with one attached hydrogen (secondary N) is 1. The van der Waals surface area contributed by atoms with Crippen LogP contribution in [0.5, 0.6) is 0 Å². The molecule has 0 saturated heterocycles. The summed E-state index contributed by atoms with van der Waals surface area (Å²) in [5.41, 5.74) is 6.04. The summed E-state index contributed by atoms with van der Waals surface area (Å²) in [5, 5.41) is 1.92. The standard InChI is InChI=1S/C15H16N2O2S2/c1-12(15-5-3-11-20-15)17-21(18,19)14-8-6-13(7-9-14)4-2-10-16/h3,5-9,11-12,17H,10,16H2,1H3. The van der Waals surface area contributed by atoms with Gasteiger partial charge in [-0.25, -0.2) is 13.1 Å². The van der Waals surface area contributed by atoms with Gasteiger partial charge in [0.1, 0.15) is 0 Å². The first kappa shape index (κ1) is 15.7. The number of thiophene rings is 1. The van der Waals surface area contributed by atoms with Crippen molar-refractivity contribution in [2.75, 3.05) is 6.54 Å². The molecule has 4 nitrogen and oxygen atoms in total. The fraction of sp³-hybridized carbons (Fsp3) is 0.200. The van der Waals surface area contributed by atoms with Gasteiger partial charge in [-0.05, 0) is 42.6 Å². The third-order valence-corrected chi connectivity index (χ3v) is 5.41. The summed E-state index contributed by atoms with van der Waals surface area (Å²) in [4.78, 5) is 1.20. The van der Waals surface area contributed by atoms with E-state index in [1.165, 1.54) is 11.3 Å². The third kappa shape index (κ3) is 4.16. The first-order chi connectivity index (χ1) is 10.0. The zero-order chi connectivity index (χ0) is 15.3. The summed E-state index contributed by atoms with van der Waals surface area (Å²) < 4.78 is 27.3. The van der Waals surface area contributed by atoms with Crippen molar-refractivity contribution >= 4 is 21.4 Å². The van der Waals surface area contributed by atoms with Crippen molar-refractivity contribution in [1.29, 1.82) is 0 Å². The van der Waals surface area contributed by atoms with Gasteiger partial charge in [-0.1, -0.05) is 17.9 Å². The number of hydrogen-bond acceptors (Lipinski definition) is 4. The molecule has 1 aromatic carbocycles. The minimum Gasteiger partial charge on any atom is -0.320 e. The van der Waals surface area contributed by atoms with Gasteiger partial charge < -0.3 is 5.73 Å². The Morgan fingerprint density at radius 2 is 2.00 bits per heavy atom. The zero-order valence-electron chi connectivity index (χ0n) is 11.5. The molecule has 0 aliphatic heterocycles. The van der Waals surface area contributed by atoms with E-state index in [4.69, 9.17) is 5.73 Å². The van der Waals surface area contributed by atoms with Crippen LogP contribution in [0, 0.1) is 11.8 Å². The fourth-order valence-electron chi connectivity index (χ4n) is 1.77. The van der Waals surface area contributed by atoms with E-state index in [1.807, 2.05) is 24.4 Å². The predicted molar refractivity (Wildman–Crippen MR) is 85.4 cm³/mol. The molecule has 0 amide bonds. The van der Waals surface area contributed by atoms with Crippen molar-refractivity contribution in [1.82, 2.24) is 4.72 Å². The SMILES string of the molecule is CC(NS(=O)(=O)c1ccc(C#CCN)cc1)c1cccs1. The van der Waals surface area contributed by atoms with E-state index in [9.17, 15) is 8.42 Å². The molecule has 21 heavy (non-hydrogen) atoms. The molecule has 0 aliphatic carbocycles. The van der Waals surface area contributed by atoms with Crippen LogP contribution in [0.3, 0.4) is 0 Å². The molecule has 3 N–H and O–H groups in total. The van der Waals surface area contributed by atoms with Gasteiger partial charge in [-0.2, -0.15) is 0 Å². The van der Waals surface area contributed by atoms with E-state index >= 15 is 0 Å². The molecule has 0 radical (unpaired) electrons. The van der Waals surface area contributed by atoms with Crippen molar-refractivity contribution in [3.8, 4) is 11.8 Å². The molecule has 0 spiro atoms. The predicted octanol–water partition coefficient (Wildman–Crippen LogP) is 2.10. The van der Waals surface area contributed by atoms with Crippen molar-refractivity contribution < 1.29 is 8.42 Å². The summed E-state index contributed by atoms with van der Waals surface area (Å²) in [7, 11) is -3.54. The number of sulfonamides is 1. The maximum absolute atomic E-state index is 12.3. The van der Waals surface area contributed by atoms with Crippen LogP contribution in [0.15, 0.2) is 46.7 Å². The van der Waals surface area contributed by atoms with Crippen LogP contribution in [0.4, 0.5) is 0 Å². The first-order valence-electron chi connectivity index (χ1n) is 6.37. The minimum absolute atomic E-state index is 0.226. The molecule has 1 unspecified atom stereocenters. The van der Waals surface area contributed by atoms with Gasteiger partial charge in [0.15, 0.2) is 0 Å². The highest BCUT2D eigenvalue weighted by Crippen LogP contribution is 2.21. The maximum atomic E-state index is 12.3. The summed E-state index contributed by atoms with van der Waals surface area (Å²) >= 11 is 1.52. The number of hydrogen-bond donors (Lipinski definition) is 2. The molecule has 6 heteroatoms. The molecule has 1 atom stereocenters. The highest BCUT2D eigenvalue weighted by Gasteiger charge is 2.18. The van der Waals surface area contributed by atoms with E-state index in [-0.39, 0.29) is 17.5 Å². The normalized spacial score (nSPS) is 12.5. The number of rotatable bonds is 4. The highest BCUT2D eigenvalue weighted by atomic mass is 32.2. The Morgan fingerprint density at radius 3 is 2.57 bits per heavy atom. The van der Waals surface area contributed by atoms with Crippen LogP contribution in [0.2, 0.25) is 0 Å². The smallest absolute Gasteiger partial charge is 0.241 e. The fourth-order valence-corrected chi connectivity index (χ4v) is 3.80. The van der Waals surface area contributed by atoms with Crippen LogP contribution in [-0.4, -0.2) is 15.0 Å². The second-order valence-corrected chi connectivity index (χ2v) is 7.08. The lowest BCUT2D eigenvalue weighted by Crippen LogP contribution is -2.26. The summed E-state index contributed by atoms with van der Waals surface area (Å²) in [6, 6.07) is 9.99. The van der Waals surface area contributed by atoms with Crippen molar-refractivity contribution in [2.24, 2.45) is 5.73 Å². The molecule has 2 rings (SSSR count). The van der Waals surface area contributed by atoms with Gasteiger partial charge >= 0.3 is 0 Å². The van der Waals surface area contributed by atoms with E-state index in [1.54, 1.807) is 24.3 Å². The average molecular weight is 320 g/mol. The summed E-state index contributed by atoms with van der Waals surface area (Å²) in [6.45, 7) is 2.10. The van der Waals surface area contributed by atoms with E-state index in [0.717, 1.165) is 10.4 Å². The lowest BCUT2D eigenvalue weighted by molar-refractivity contribution is 0.568. The van der Waals surface area contributed by atoms with Crippen LogP contribution in [-0.2, 0) is 10.0 Å². The van der Waals surface area contributed by atoms with Crippen molar-refractivity contribution in [2.45, 2.75) is 17.9 Å². The zero-order valence-corrected chi connectivity index (χ0v) is 13.2. The second kappa shape index (κ2) is 6.87. The molecule has 1 aromatic heterocycles. The van der Waals surface area contributed by atoms with Gasteiger partial charge in [0, 0.05) is 10.4 Å². The number of benzene rings is 1. The van der Waals surface area contributed by atoms with Crippen LogP contribution >= 0.6 is 11.3 Å². The quantitative estimate of drug-likeness (QED) is 0.847. The molecule has 2 aromatic rings. The molecule has 0 saturated carbocycles. The monoisotopic (exact) mass is 320 g/mol. The van der Waals surface area contributed by atoms with E-state index in [2.05, 4.69) is 16.6 Å². The molecule has 1 heterocycles. The first-order valence-corrected chi connectivity index (χ1v) is 8.74. The second-order valence-electron chi connectivity index (χ2n) is 4.39. The number of nitrogens with two attached hydrogens (primary N) is 1. The topological polar surface area (TPSA) is 72.2 Å². The van der Waals surface area contributed by atoms with Crippen molar-refractivity contribution in [3.63, 3.8) is 0 Å². The molecule has 0 bridgehead atoms.